The molecule has 2 rings (SSSR count). The Morgan fingerprint density at radius 3 is 2.50 bits per heavy atom. The van der Waals surface area contributed by atoms with E-state index in [1.165, 1.54) is 70.1 Å². The molecule has 112 valence electrons. The van der Waals surface area contributed by atoms with Gasteiger partial charge in [0.05, 0.1) is 0 Å². The summed E-state index contributed by atoms with van der Waals surface area (Å²) in [5.41, 5.74) is 1.45. The summed E-state index contributed by atoms with van der Waals surface area (Å²) in [6.45, 7) is 3.64. The van der Waals surface area contributed by atoms with Crippen LogP contribution in [-0.2, 0) is 6.42 Å². The fraction of sp³-hybridized carbons (Fsp3) is 0.667. The maximum absolute atomic E-state index is 3.58. The second kappa shape index (κ2) is 9.15. The molecule has 1 fully saturated rings. The van der Waals surface area contributed by atoms with Gasteiger partial charge in [-0.1, -0.05) is 43.2 Å². The van der Waals surface area contributed by atoms with Crippen LogP contribution in [0.25, 0.3) is 0 Å². The molecule has 0 heterocycles. The van der Waals surface area contributed by atoms with Crippen molar-refractivity contribution in [2.75, 3.05) is 26.7 Å². The van der Waals surface area contributed by atoms with Gasteiger partial charge in [0.1, 0.15) is 0 Å². The van der Waals surface area contributed by atoms with Gasteiger partial charge in [-0.15, -0.1) is 0 Å². The van der Waals surface area contributed by atoms with Crippen LogP contribution in [0.2, 0.25) is 0 Å². The molecule has 1 N–H and O–H groups in total. The van der Waals surface area contributed by atoms with Gasteiger partial charge in [-0.05, 0) is 57.8 Å². The van der Waals surface area contributed by atoms with Crippen molar-refractivity contribution in [3.63, 3.8) is 0 Å². The zero-order valence-electron chi connectivity index (χ0n) is 13.0. The van der Waals surface area contributed by atoms with Gasteiger partial charge >= 0.3 is 0 Å². The molecule has 1 aromatic rings. The molecule has 1 aliphatic rings. The average molecular weight is 274 g/mol. The number of unbranched alkanes of at least 4 members (excludes halogenated alkanes) is 3. The van der Waals surface area contributed by atoms with Gasteiger partial charge in [0, 0.05) is 12.6 Å². The van der Waals surface area contributed by atoms with E-state index < -0.39 is 0 Å². The molecule has 1 aliphatic carbocycles. The van der Waals surface area contributed by atoms with E-state index in [1.807, 2.05) is 0 Å². The second-order valence-electron chi connectivity index (χ2n) is 6.18. The predicted octanol–water partition coefficient (Wildman–Crippen LogP) is 3.47. The smallest absolute Gasteiger partial charge is 0.00682 e. The molecule has 20 heavy (non-hydrogen) atoms. The molecule has 0 spiro atoms. The monoisotopic (exact) mass is 274 g/mol. The van der Waals surface area contributed by atoms with E-state index in [-0.39, 0.29) is 0 Å². The van der Waals surface area contributed by atoms with E-state index >= 15 is 0 Å². The third-order valence-electron chi connectivity index (χ3n) is 4.10. The van der Waals surface area contributed by atoms with Crippen LogP contribution in [0.3, 0.4) is 0 Å². The Hall–Kier alpha value is -0.860. The molecular formula is C18H30N2. The summed E-state index contributed by atoms with van der Waals surface area (Å²) in [7, 11) is 2.25. The second-order valence-corrected chi connectivity index (χ2v) is 6.18. The summed E-state index contributed by atoms with van der Waals surface area (Å²) in [6, 6.07) is 11.7. The molecule has 0 saturated heterocycles. The fourth-order valence-electron chi connectivity index (χ4n) is 2.53. The molecule has 2 heteroatoms. The van der Waals surface area contributed by atoms with Gasteiger partial charge < -0.3 is 10.2 Å². The van der Waals surface area contributed by atoms with E-state index in [0.29, 0.717) is 0 Å². The molecule has 1 saturated carbocycles. The van der Waals surface area contributed by atoms with E-state index in [4.69, 9.17) is 0 Å². The first-order valence-electron chi connectivity index (χ1n) is 8.30. The van der Waals surface area contributed by atoms with Crippen molar-refractivity contribution >= 4 is 0 Å². The van der Waals surface area contributed by atoms with Crippen LogP contribution in [0.4, 0.5) is 0 Å². The fourth-order valence-corrected chi connectivity index (χ4v) is 2.53. The van der Waals surface area contributed by atoms with Crippen LogP contribution in [-0.4, -0.2) is 37.6 Å². The highest BCUT2D eigenvalue weighted by atomic mass is 15.1. The van der Waals surface area contributed by atoms with Crippen molar-refractivity contribution in [3.8, 4) is 0 Å². The van der Waals surface area contributed by atoms with Crippen molar-refractivity contribution in [3.05, 3.63) is 35.9 Å². The van der Waals surface area contributed by atoms with Crippen molar-refractivity contribution in [2.24, 2.45) is 0 Å². The van der Waals surface area contributed by atoms with Crippen LogP contribution in [0, 0.1) is 0 Å². The molecule has 0 radical (unpaired) electrons. The first-order chi connectivity index (χ1) is 9.84. The summed E-state index contributed by atoms with van der Waals surface area (Å²) >= 11 is 0. The number of benzene rings is 1. The lowest BCUT2D eigenvalue weighted by atomic mass is 10.1. The number of hydrogen-bond donors (Lipinski definition) is 1. The quantitative estimate of drug-likeness (QED) is 0.622. The maximum atomic E-state index is 3.58. The molecule has 0 unspecified atom stereocenters. The maximum Gasteiger partial charge on any atom is 0.00682 e. The normalized spacial score (nSPS) is 14.9. The summed E-state index contributed by atoms with van der Waals surface area (Å²) < 4.78 is 0. The Morgan fingerprint density at radius 2 is 1.75 bits per heavy atom. The molecule has 2 nitrogen and oxygen atoms in total. The number of hydrogen-bond acceptors (Lipinski definition) is 2. The number of nitrogens with zero attached hydrogens (tertiary/aromatic N) is 1. The lowest BCUT2D eigenvalue weighted by Gasteiger charge is -2.16. The van der Waals surface area contributed by atoms with E-state index in [2.05, 4.69) is 47.6 Å². The molecule has 1 aromatic carbocycles. The molecule has 0 aromatic heterocycles. The minimum absolute atomic E-state index is 0.874. The summed E-state index contributed by atoms with van der Waals surface area (Å²) in [5.74, 6) is 0. The average Bonchev–Trinajstić information content (AvgIpc) is 3.29. The SMILES string of the molecule is CN(CCCCCCNC1CC1)CCc1ccccc1. The summed E-state index contributed by atoms with van der Waals surface area (Å²) in [4.78, 5) is 2.47. The predicted molar refractivity (Wildman–Crippen MR) is 87.1 cm³/mol. The van der Waals surface area contributed by atoms with Crippen LogP contribution >= 0.6 is 0 Å². The number of nitrogens with one attached hydrogen (secondary N) is 1. The van der Waals surface area contributed by atoms with Gasteiger partial charge in [0.15, 0.2) is 0 Å². The largest absolute Gasteiger partial charge is 0.314 e. The summed E-state index contributed by atoms with van der Waals surface area (Å²) in [6.07, 6.45) is 9.44. The van der Waals surface area contributed by atoms with E-state index in [9.17, 15) is 0 Å². The van der Waals surface area contributed by atoms with Gasteiger partial charge in [-0.2, -0.15) is 0 Å². The van der Waals surface area contributed by atoms with Crippen molar-refractivity contribution < 1.29 is 0 Å². The summed E-state index contributed by atoms with van der Waals surface area (Å²) in [5, 5.41) is 3.58. The van der Waals surface area contributed by atoms with Crippen molar-refractivity contribution in [2.45, 2.75) is 51.0 Å². The Morgan fingerprint density at radius 1 is 1.00 bits per heavy atom. The van der Waals surface area contributed by atoms with E-state index in [0.717, 1.165) is 6.04 Å². The van der Waals surface area contributed by atoms with Gasteiger partial charge in [-0.25, -0.2) is 0 Å². The topological polar surface area (TPSA) is 15.3 Å². The minimum Gasteiger partial charge on any atom is -0.314 e. The highest BCUT2D eigenvalue weighted by molar-refractivity contribution is 5.14. The highest BCUT2D eigenvalue weighted by Crippen LogP contribution is 2.18. The third-order valence-corrected chi connectivity index (χ3v) is 4.10. The molecule has 0 bridgehead atoms. The lowest BCUT2D eigenvalue weighted by molar-refractivity contribution is 0.327. The Kier molecular flexibility index (Phi) is 7.10. The first kappa shape index (κ1) is 15.5. The van der Waals surface area contributed by atoms with E-state index in [1.54, 1.807) is 0 Å². The Labute approximate surface area is 124 Å². The van der Waals surface area contributed by atoms with Gasteiger partial charge in [-0.3, -0.25) is 0 Å². The van der Waals surface area contributed by atoms with Crippen LogP contribution in [0.1, 0.15) is 44.1 Å². The first-order valence-corrected chi connectivity index (χ1v) is 8.30. The van der Waals surface area contributed by atoms with Crippen molar-refractivity contribution in [1.29, 1.82) is 0 Å². The lowest BCUT2D eigenvalue weighted by Crippen LogP contribution is -2.22. The molecule has 0 aliphatic heterocycles. The molecule has 0 atom stereocenters. The van der Waals surface area contributed by atoms with Crippen LogP contribution < -0.4 is 5.32 Å². The molecule has 0 amide bonds. The van der Waals surface area contributed by atoms with Gasteiger partial charge in [0.25, 0.3) is 0 Å². The Bertz CT molecular complexity index is 346. The third kappa shape index (κ3) is 7.06. The van der Waals surface area contributed by atoms with Crippen LogP contribution in [0.5, 0.6) is 0 Å². The highest BCUT2D eigenvalue weighted by Gasteiger charge is 2.19. The standard InChI is InChI=1S/C18H30N2/c1-20(16-13-17-9-5-4-6-10-17)15-8-3-2-7-14-19-18-11-12-18/h4-6,9-10,18-19H,2-3,7-8,11-16H2,1H3. The Balaban J connectivity index is 1.40. The zero-order valence-corrected chi connectivity index (χ0v) is 13.0. The molecular weight excluding hydrogens is 244 g/mol. The number of rotatable bonds is 11. The minimum atomic E-state index is 0.874. The van der Waals surface area contributed by atoms with Crippen molar-refractivity contribution in [1.82, 2.24) is 10.2 Å². The number of likely N-dealkylation sites (N-methyl/N-ethyl adjacent to an activating group) is 1. The van der Waals surface area contributed by atoms with Crippen LogP contribution in [0.15, 0.2) is 30.3 Å². The van der Waals surface area contributed by atoms with Gasteiger partial charge in [0.2, 0.25) is 0 Å². The zero-order chi connectivity index (χ0) is 14.0.